The number of hydrogen-bond donors (Lipinski definition) is 3. The maximum absolute atomic E-state index is 12.3. The van der Waals surface area contributed by atoms with E-state index in [0.717, 1.165) is 11.1 Å². The number of hydrogen-bond acceptors (Lipinski definition) is 3. The van der Waals surface area contributed by atoms with E-state index in [0.29, 0.717) is 0 Å². The maximum Gasteiger partial charge on any atom is 0.233 e. The molecule has 20 heavy (non-hydrogen) atoms. The van der Waals surface area contributed by atoms with Gasteiger partial charge in [0.15, 0.2) is 0 Å². The second-order valence-corrected chi connectivity index (χ2v) is 4.85. The van der Waals surface area contributed by atoms with Crippen LogP contribution < -0.4 is 10.6 Å². The fourth-order valence-corrected chi connectivity index (χ4v) is 2.50. The van der Waals surface area contributed by atoms with E-state index in [4.69, 9.17) is 0 Å². The highest BCUT2D eigenvalue weighted by molar-refractivity contribution is 5.85. The van der Waals surface area contributed by atoms with Crippen LogP contribution in [0.3, 0.4) is 0 Å². The SMILES string of the molecule is O=C1NC(c2ccccc2)NC(O)C1c1ccccc1. The molecular weight excluding hydrogens is 252 g/mol. The summed E-state index contributed by atoms with van der Waals surface area (Å²) in [4.78, 5) is 12.3. The second kappa shape index (κ2) is 5.45. The molecule has 4 nitrogen and oxygen atoms in total. The van der Waals surface area contributed by atoms with Gasteiger partial charge in [0, 0.05) is 0 Å². The van der Waals surface area contributed by atoms with Gasteiger partial charge in [0.2, 0.25) is 5.91 Å². The summed E-state index contributed by atoms with van der Waals surface area (Å²) in [7, 11) is 0. The number of aliphatic hydroxyl groups excluding tert-OH is 1. The molecule has 102 valence electrons. The second-order valence-electron chi connectivity index (χ2n) is 4.85. The Labute approximate surface area is 117 Å². The van der Waals surface area contributed by atoms with Crippen LogP contribution in [0.15, 0.2) is 60.7 Å². The van der Waals surface area contributed by atoms with Gasteiger partial charge in [-0.05, 0) is 11.1 Å². The third-order valence-electron chi connectivity index (χ3n) is 3.51. The minimum atomic E-state index is -0.906. The van der Waals surface area contributed by atoms with Crippen molar-refractivity contribution in [2.24, 2.45) is 0 Å². The van der Waals surface area contributed by atoms with Crippen molar-refractivity contribution in [1.82, 2.24) is 10.6 Å². The van der Waals surface area contributed by atoms with Crippen LogP contribution in [0.25, 0.3) is 0 Å². The highest BCUT2D eigenvalue weighted by Crippen LogP contribution is 2.25. The Morgan fingerprint density at radius 3 is 1.95 bits per heavy atom. The molecule has 0 saturated carbocycles. The Hall–Kier alpha value is -2.17. The summed E-state index contributed by atoms with van der Waals surface area (Å²) in [6.07, 6.45) is -1.27. The van der Waals surface area contributed by atoms with Gasteiger partial charge in [-0.15, -0.1) is 0 Å². The predicted molar refractivity (Wildman–Crippen MR) is 75.7 cm³/mol. The topological polar surface area (TPSA) is 61.4 Å². The third kappa shape index (κ3) is 2.43. The summed E-state index contributed by atoms with van der Waals surface area (Å²) in [5.74, 6) is -0.757. The zero-order chi connectivity index (χ0) is 13.9. The van der Waals surface area contributed by atoms with Crippen LogP contribution in [0.4, 0.5) is 0 Å². The summed E-state index contributed by atoms with van der Waals surface area (Å²) in [6, 6.07) is 18.8. The molecule has 1 aliphatic rings. The molecule has 3 N–H and O–H groups in total. The van der Waals surface area contributed by atoms with Crippen molar-refractivity contribution in [3.8, 4) is 0 Å². The van der Waals surface area contributed by atoms with Gasteiger partial charge in [-0.25, -0.2) is 0 Å². The van der Waals surface area contributed by atoms with Crippen molar-refractivity contribution in [3.63, 3.8) is 0 Å². The quantitative estimate of drug-likeness (QED) is 0.773. The Morgan fingerprint density at radius 2 is 1.40 bits per heavy atom. The molecule has 0 bridgehead atoms. The first-order valence-electron chi connectivity index (χ1n) is 6.60. The van der Waals surface area contributed by atoms with Crippen LogP contribution in [0.1, 0.15) is 23.2 Å². The standard InChI is InChI=1S/C16H16N2O2/c19-15-13(11-7-3-1-4-8-11)16(20)18-14(17-15)12-9-5-2-6-10-12/h1-10,13-15,17,19H,(H,18,20). The van der Waals surface area contributed by atoms with Crippen LogP contribution in [0.5, 0.6) is 0 Å². The lowest BCUT2D eigenvalue weighted by molar-refractivity contribution is -0.130. The number of aliphatic hydroxyl groups is 1. The Bertz CT molecular complexity index is 586. The van der Waals surface area contributed by atoms with Gasteiger partial charge < -0.3 is 10.4 Å². The minimum absolute atomic E-state index is 0.170. The molecule has 3 unspecified atom stereocenters. The molecule has 4 heteroatoms. The number of benzene rings is 2. The van der Waals surface area contributed by atoms with Crippen molar-refractivity contribution >= 4 is 5.91 Å². The lowest BCUT2D eigenvalue weighted by Crippen LogP contribution is -2.55. The third-order valence-corrected chi connectivity index (χ3v) is 3.51. The molecule has 2 aromatic rings. The monoisotopic (exact) mass is 268 g/mol. The molecule has 0 aromatic heterocycles. The predicted octanol–water partition coefficient (Wildman–Crippen LogP) is 1.51. The Morgan fingerprint density at radius 1 is 0.850 bits per heavy atom. The average Bonchev–Trinajstić information content (AvgIpc) is 2.48. The van der Waals surface area contributed by atoms with E-state index in [1.165, 1.54) is 0 Å². The van der Waals surface area contributed by atoms with Crippen LogP contribution in [0.2, 0.25) is 0 Å². The molecule has 1 amide bonds. The Kier molecular flexibility index (Phi) is 3.50. The number of carbonyl (C=O) groups is 1. The van der Waals surface area contributed by atoms with Gasteiger partial charge in [0.1, 0.15) is 18.3 Å². The van der Waals surface area contributed by atoms with Crippen molar-refractivity contribution in [1.29, 1.82) is 0 Å². The molecule has 0 radical (unpaired) electrons. The van der Waals surface area contributed by atoms with Crippen LogP contribution in [-0.2, 0) is 4.79 Å². The minimum Gasteiger partial charge on any atom is -0.377 e. The highest BCUT2D eigenvalue weighted by atomic mass is 16.3. The average molecular weight is 268 g/mol. The van der Waals surface area contributed by atoms with Gasteiger partial charge in [-0.3, -0.25) is 10.1 Å². The van der Waals surface area contributed by atoms with Crippen LogP contribution in [0, 0.1) is 0 Å². The first-order valence-corrected chi connectivity index (χ1v) is 6.60. The van der Waals surface area contributed by atoms with Gasteiger partial charge in [0.25, 0.3) is 0 Å². The van der Waals surface area contributed by atoms with E-state index in [2.05, 4.69) is 10.6 Å². The van der Waals surface area contributed by atoms with Crippen molar-refractivity contribution < 1.29 is 9.90 Å². The molecule has 1 aliphatic heterocycles. The normalized spacial score (nSPS) is 26.1. The van der Waals surface area contributed by atoms with Crippen molar-refractivity contribution in [2.45, 2.75) is 18.3 Å². The van der Waals surface area contributed by atoms with Gasteiger partial charge >= 0.3 is 0 Å². The number of nitrogens with one attached hydrogen (secondary N) is 2. The van der Waals surface area contributed by atoms with Crippen LogP contribution in [-0.4, -0.2) is 17.2 Å². The fraction of sp³-hybridized carbons (Fsp3) is 0.188. The van der Waals surface area contributed by atoms with Gasteiger partial charge in [-0.1, -0.05) is 60.7 Å². The van der Waals surface area contributed by atoms with E-state index in [-0.39, 0.29) is 12.1 Å². The summed E-state index contributed by atoms with van der Waals surface area (Å²) in [5, 5.41) is 16.2. The molecule has 1 saturated heterocycles. The van der Waals surface area contributed by atoms with E-state index in [1.54, 1.807) is 0 Å². The van der Waals surface area contributed by atoms with E-state index in [1.807, 2.05) is 60.7 Å². The Balaban J connectivity index is 1.82. The van der Waals surface area contributed by atoms with Crippen LogP contribution >= 0.6 is 0 Å². The molecule has 2 aromatic carbocycles. The fourth-order valence-electron chi connectivity index (χ4n) is 2.50. The molecule has 3 rings (SSSR count). The molecule has 1 heterocycles. The number of rotatable bonds is 2. The van der Waals surface area contributed by atoms with Gasteiger partial charge in [-0.2, -0.15) is 0 Å². The molecule has 0 aliphatic carbocycles. The summed E-state index contributed by atoms with van der Waals surface area (Å²) in [6.45, 7) is 0. The van der Waals surface area contributed by atoms with E-state index in [9.17, 15) is 9.90 Å². The lowest BCUT2D eigenvalue weighted by Gasteiger charge is -2.35. The zero-order valence-electron chi connectivity index (χ0n) is 10.9. The van der Waals surface area contributed by atoms with Crippen molar-refractivity contribution in [2.75, 3.05) is 0 Å². The lowest BCUT2D eigenvalue weighted by atomic mass is 9.93. The highest BCUT2D eigenvalue weighted by Gasteiger charge is 2.36. The summed E-state index contributed by atoms with van der Waals surface area (Å²) in [5.41, 5.74) is 1.72. The number of carbonyl (C=O) groups excluding carboxylic acids is 1. The van der Waals surface area contributed by atoms with Crippen molar-refractivity contribution in [3.05, 3.63) is 71.8 Å². The smallest absolute Gasteiger partial charge is 0.233 e. The molecule has 1 fully saturated rings. The maximum atomic E-state index is 12.3. The molecular formula is C16H16N2O2. The number of amides is 1. The molecule has 0 spiro atoms. The summed E-state index contributed by atoms with van der Waals surface area (Å²) < 4.78 is 0. The first-order chi connectivity index (χ1) is 9.75. The molecule has 3 atom stereocenters. The van der Waals surface area contributed by atoms with E-state index < -0.39 is 12.1 Å². The first kappa shape index (κ1) is 12.8. The summed E-state index contributed by atoms with van der Waals surface area (Å²) >= 11 is 0. The zero-order valence-corrected chi connectivity index (χ0v) is 10.9. The van der Waals surface area contributed by atoms with E-state index >= 15 is 0 Å². The largest absolute Gasteiger partial charge is 0.377 e. The van der Waals surface area contributed by atoms with Gasteiger partial charge in [0.05, 0.1) is 0 Å².